The number of rotatable bonds is 7. The van der Waals surface area contributed by atoms with E-state index in [1.807, 2.05) is 12.1 Å². The summed E-state index contributed by atoms with van der Waals surface area (Å²) in [5, 5.41) is 5.90. The molecular weight excluding hydrogens is 300 g/mol. The summed E-state index contributed by atoms with van der Waals surface area (Å²) >= 11 is 0. The van der Waals surface area contributed by atoms with Gasteiger partial charge >= 0.3 is 0 Å². The van der Waals surface area contributed by atoms with E-state index in [9.17, 15) is 4.79 Å². The molecule has 0 bridgehead atoms. The van der Waals surface area contributed by atoms with Gasteiger partial charge in [-0.05, 0) is 56.8 Å². The number of halogens is 1. The zero-order valence-electron chi connectivity index (χ0n) is 13.4. The summed E-state index contributed by atoms with van der Waals surface area (Å²) in [6.45, 7) is 2.42. The second kappa shape index (κ2) is 9.70. The van der Waals surface area contributed by atoms with Crippen LogP contribution < -0.4 is 15.4 Å². The van der Waals surface area contributed by atoms with Crippen molar-refractivity contribution in [1.29, 1.82) is 0 Å². The summed E-state index contributed by atoms with van der Waals surface area (Å²) < 4.78 is 5.97. The lowest BCUT2D eigenvalue weighted by molar-refractivity contribution is -0.120. The topological polar surface area (TPSA) is 50.4 Å². The first-order valence-electron chi connectivity index (χ1n) is 7.93. The van der Waals surface area contributed by atoms with Crippen LogP contribution in [0.25, 0.3) is 0 Å². The van der Waals surface area contributed by atoms with E-state index in [4.69, 9.17) is 4.74 Å². The summed E-state index contributed by atoms with van der Waals surface area (Å²) in [5.41, 5.74) is 1.13. The minimum atomic E-state index is 0. The lowest BCUT2D eigenvalue weighted by Gasteiger charge is -2.18. The highest BCUT2D eigenvalue weighted by atomic mass is 35.5. The third-order valence-corrected chi connectivity index (χ3v) is 3.97. The molecule has 2 N–H and O–H groups in total. The highest BCUT2D eigenvalue weighted by Crippen LogP contribution is 2.25. The van der Waals surface area contributed by atoms with Crippen LogP contribution in [0.5, 0.6) is 5.75 Å². The quantitative estimate of drug-likeness (QED) is 0.809. The molecule has 0 saturated heterocycles. The molecule has 0 spiro atoms. The first kappa shape index (κ1) is 18.8. The fourth-order valence-electron chi connectivity index (χ4n) is 2.80. The van der Waals surface area contributed by atoms with Crippen molar-refractivity contribution < 1.29 is 9.53 Å². The number of likely N-dealkylation sites (N-methyl/N-ethyl adjacent to an activating group) is 1. The van der Waals surface area contributed by atoms with Crippen molar-refractivity contribution in [3.63, 3.8) is 0 Å². The molecule has 0 radical (unpaired) electrons. The predicted octanol–water partition coefficient (Wildman–Crippen LogP) is 3.22. The maximum atomic E-state index is 11.7. The third-order valence-electron chi connectivity index (χ3n) is 3.97. The van der Waals surface area contributed by atoms with Gasteiger partial charge in [-0.1, -0.05) is 19.1 Å². The summed E-state index contributed by atoms with van der Waals surface area (Å²) in [7, 11) is 1.77. The van der Waals surface area contributed by atoms with E-state index >= 15 is 0 Å². The molecular formula is C17H27ClN2O2. The van der Waals surface area contributed by atoms with Crippen molar-refractivity contribution >= 4 is 18.3 Å². The predicted molar refractivity (Wildman–Crippen MR) is 91.7 cm³/mol. The van der Waals surface area contributed by atoms with Gasteiger partial charge in [-0.15, -0.1) is 12.4 Å². The first-order chi connectivity index (χ1) is 10.2. The van der Waals surface area contributed by atoms with Gasteiger partial charge in [-0.3, -0.25) is 4.79 Å². The molecule has 2 rings (SSSR count). The van der Waals surface area contributed by atoms with E-state index < -0.39 is 0 Å². The Kier molecular flexibility index (Phi) is 8.28. The highest BCUT2D eigenvalue weighted by molar-refractivity contribution is 5.85. The fourth-order valence-corrected chi connectivity index (χ4v) is 2.80. The van der Waals surface area contributed by atoms with Crippen molar-refractivity contribution in [1.82, 2.24) is 10.6 Å². The van der Waals surface area contributed by atoms with Crippen LogP contribution in [0.4, 0.5) is 0 Å². The minimum Gasteiger partial charge on any atom is -0.490 e. The molecule has 5 heteroatoms. The lowest BCUT2D eigenvalue weighted by atomic mass is 10.0. The number of hydrogen-bond donors (Lipinski definition) is 2. The SMILES string of the molecule is CCC(NC(=O)CNC)c1ccc(OC2CCCC2)cc1.Cl. The Morgan fingerprint density at radius 3 is 2.45 bits per heavy atom. The van der Waals surface area contributed by atoms with E-state index in [0.717, 1.165) is 17.7 Å². The Hall–Kier alpha value is -1.26. The number of benzene rings is 1. The van der Waals surface area contributed by atoms with Crippen molar-refractivity contribution in [2.24, 2.45) is 0 Å². The summed E-state index contributed by atoms with van der Waals surface area (Å²) in [6, 6.07) is 8.20. The van der Waals surface area contributed by atoms with Gasteiger partial charge in [0, 0.05) is 0 Å². The largest absolute Gasteiger partial charge is 0.490 e. The molecule has 1 saturated carbocycles. The Balaban J connectivity index is 0.00000242. The minimum absolute atomic E-state index is 0. The van der Waals surface area contributed by atoms with Gasteiger partial charge in [0.2, 0.25) is 5.91 Å². The Labute approximate surface area is 139 Å². The van der Waals surface area contributed by atoms with Crippen LogP contribution in [0.15, 0.2) is 24.3 Å². The molecule has 1 fully saturated rings. The average Bonchev–Trinajstić information content (AvgIpc) is 2.99. The van der Waals surface area contributed by atoms with Crippen LogP contribution in [0, 0.1) is 0 Å². The lowest BCUT2D eigenvalue weighted by Crippen LogP contribution is -2.34. The van der Waals surface area contributed by atoms with Gasteiger partial charge in [0.05, 0.1) is 18.7 Å². The van der Waals surface area contributed by atoms with E-state index in [0.29, 0.717) is 12.6 Å². The number of ether oxygens (including phenoxy) is 1. The monoisotopic (exact) mass is 326 g/mol. The normalized spacial score (nSPS) is 15.9. The second-order valence-electron chi connectivity index (χ2n) is 5.65. The van der Waals surface area contributed by atoms with Crippen molar-refractivity contribution in [3.8, 4) is 5.75 Å². The molecule has 22 heavy (non-hydrogen) atoms. The van der Waals surface area contributed by atoms with Crippen molar-refractivity contribution in [2.45, 2.75) is 51.2 Å². The van der Waals surface area contributed by atoms with Gasteiger partial charge in [-0.2, -0.15) is 0 Å². The fraction of sp³-hybridized carbons (Fsp3) is 0.588. The zero-order chi connectivity index (χ0) is 15.1. The number of amides is 1. The molecule has 0 aliphatic heterocycles. The first-order valence-corrected chi connectivity index (χ1v) is 7.93. The molecule has 1 aromatic rings. The Morgan fingerprint density at radius 1 is 1.27 bits per heavy atom. The Morgan fingerprint density at radius 2 is 1.91 bits per heavy atom. The third kappa shape index (κ3) is 5.50. The van der Waals surface area contributed by atoms with Gasteiger partial charge < -0.3 is 15.4 Å². The summed E-state index contributed by atoms with van der Waals surface area (Å²) in [5.74, 6) is 0.956. The smallest absolute Gasteiger partial charge is 0.234 e. The Bertz CT molecular complexity index is 444. The van der Waals surface area contributed by atoms with Crippen molar-refractivity contribution in [3.05, 3.63) is 29.8 Å². The molecule has 1 aliphatic carbocycles. The van der Waals surface area contributed by atoms with E-state index in [1.165, 1.54) is 25.7 Å². The van der Waals surface area contributed by atoms with Gasteiger partial charge in [0.15, 0.2) is 0 Å². The molecule has 1 aromatic carbocycles. The molecule has 124 valence electrons. The average molecular weight is 327 g/mol. The zero-order valence-corrected chi connectivity index (χ0v) is 14.2. The van der Waals surface area contributed by atoms with Gasteiger partial charge in [-0.25, -0.2) is 0 Å². The van der Waals surface area contributed by atoms with Crippen LogP contribution in [-0.4, -0.2) is 25.6 Å². The molecule has 0 heterocycles. The van der Waals surface area contributed by atoms with Gasteiger partial charge in [0.1, 0.15) is 5.75 Å². The molecule has 1 unspecified atom stereocenters. The maximum absolute atomic E-state index is 11.7. The highest BCUT2D eigenvalue weighted by Gasteiger charge is 2.17. The van der Waals surface area contributed by atoms with E-state index in [2.05, 4.69) is 29.7 Å². The number of nitrogens with one attached hydrogen (secondary N) is 2. The van der Waals surface area contributed by atoms with Crippen molar-refractivity contribution in [2.75, 3.05) is 13.6 Å². The number of carbonyl (C=O) groups is 1. The summed E-state index contributed by atoms with van der Waals surface area (Å²) in [6.07, 6.45) is 6.14. The molecule has 0 aromatic heterocycles. The molecule has 1 amide bonds. The molecule has 1 atom stereocenters. The van der Waals surface area contributed by atoms with E-state index in [-0.39, 0.29) is 24.4 Å². The van der Waals surface area contributed by atoms with Crippen LogP contribution >= 0.6 is 12.4 Å². The second-order valence-corrected chi connectivity index (χ2v) is 5.65. The van der Waals surface area contributed by atoms with E-state index in [1.54, 1.807) is 7.05 Å². The van der Waals surface area contributed by atoms with Crippen LogP contribution in [0.3, 0.4) is 0 Å². The molecule has 4 nitrogen and oxygen atoms in total. The van der Waals surface area contributed by atoms with Crippen LogP contribution in [-0.2, 0) is 4.79 Å². The van der Waals surface area contributed by atoms with Crippen LogP contribution in [0.1, 0.15) is 50.6 Å². The number of carbonyl (C=O) groups excluding carboxylic acids is 1. The maximum Gasteiger partial charge on any atom is 0.234 e. The molecule has 1 aliphatic rings. The van der Waals surface area contributed by atoms with Crippen LogP contribution in [0.2, 0.25) is 0 Å². The summed E-state index contributed by atoms with van der Waals surface area (Å²) in [4.78, 5) is 11.7. The number of hydrogen-bond acceptors (Lipinski definition) is 3. The standard InChI is InChI=1S/C17H26N2O2.ClH/c1-3-16(19-17(20)12-18-2)13-8-10-15(11-9-13)21-14-6-4-5-7-14;/h8-11,14,16,18H,3-7,12H2,1-2H3,(H,19,20);1H. The van der Waals surface area contributed by atoms with Gasteiger partial charge in [0.25, 0.3) is 0 Å².